The maximum Gasteiger partial charge on any atom is 0.247 e. The van der Waals surface area contributed by atoms with Gasteiger partial charge in [0, 0.05) is 0 Å². The zero-order valence-corrected chi connectivity index (χ0v) is 11.4. The van der Waals surface area contributed by atoms with E-state index in [4.69, 9.17) is 11.6 Å². The lowest BCUT2D eigenvalue weighted by Gasteiger charge is -2.37. The highest BCUT2D eigenvalue weighted by atomic mass is 35.5. The number of carbonyl (C=O) groups excluding carboxylic acids is 2. The molecule has 4 nitrogen and oxygen atoms in total. The molecule has 19 heavy (non-hydrogen) atoms. The standard InChI is InChI=1S/C13H14ClFN2O2/c1-7(2)11-13(19)16-6-10(18)17(11)12-8(14)4-3-5-9(12)15/h3-5,7,11H,6H2,1-2H3,(H,16,19). The lowest BCUT2D eigenvalue weighted by Crippen LogP contribution is -2.60. The molecule has 0 aliphatic carbocycles. The third-order valence-corrected chi connectivity index (χ3v) is 3.34. The molecule has 0 spiro atoms. The molecule has 1 aromatic rings. The molecule has 1 saturated heterocycles. The fraction of sp³-hybridized carbons (Fsp3) is 0.385. The van der Waals surface area contributed by atoms with E-state index in [-0.39, 0.29) is 35.0 Å². The lowest BCUT2D eigenvalue weighted by atomic mass is 9.98. The van der Waals surface area contributed by atoms with Gasteiger partial charge in [-0.05, 0) is 18.1 Å². The number of nitrogens with one attached hydrogen (secondary N) is 1. The van der Waals surface area contributed by atoms with E-state index in [1.165, 1.54) is 23.1 Å². The molecule has 1 aliphatic heterocycles. The maximum atomic E-state index is 14.0. The van der Waals surface area contributed by atoms with E-state index in [1.807, 2.05) is 0 Å². The zero-order chi connectivity index (χ0) is 14.2. The third-order valence-electron chi connectivity index (χ3n) is 3.04. The molecule has 2 rings (SSSR count). The molecule has 0 bridgehead atoms. The van der Waals surface area contributed by atoms with Crippen LogP contribution in [0.4, 0.5) is 10.1 Å². The summed E-state index contributed by atoms with van der Waals surface area (Å²) >= 11 is 5.98. The van der Waals surface area contributed by atoms with E-state index in [2.05, 4.69) is 5.32 Å². The number of para-hydroxylation sites is 1. The van der Waals surface area contributed by atoms with Crippen molar-refractivity contribution in [3.05, 3.63) is 29.0 Å². The minimum atomic E-state index is -0.754. The normalized spacial score (nSPS) is 19.8. The van der Waals surface area contributed by atoms with Crippen LogP contribution >= 0.6 is 11.6 Å². The van der Waals surface area contributed by atoms with Crippen molar-refractivity contribution >= 4 is 29.1 Å². The Kier molecular flexibility index (Phi) is 3.75. The average molecular weight is 285 g/mol. The van der Waals surface area contributed by atoms with Crippen LogP contribution in [0.15, 0.2) is 18.2 Å². The van der Waals surface area contributed by atoms with Crippen molar-refractivity contribution in [3.63, 3.8) is 0 Å². The molecule has 0 saturated carbocycles. The zero-order valence-electron chi connectivity index (χ0n) is 10.6. The number of carbonyl (C=O) groups is 2. The summed E-state index contributed by atoms with van der Waals surface area (Å²) in [4.78, 5) is 25.1. The molecule has 0 radical (unpaired) electrons. The van der Waals surface area contributed by atoms with Crippen molar-refractivity contribution in [1.29, 1.82) is 0 Å². The van der Waals surface area contributed by atoms with Crippen LogP contribution in [0.1, 0.15) is 13.8 Å². The number of anilines is 1. The second-order valence-electron chi connectivity index (χ2n) is 4.74. The van der Waals surface area contributed by atoms with Gasteiger partial charge in [0.1, 0.15) is 11.9 Å². The third kappa shape index (κ3) is 2.42. The number of benzene rings is 1. The van der Waals surface area contributed by atoms with Gasteiger partial charge >= 0.3 is 0 Å². The highest BCUT2D eigenvalue weighted by molar-refractivity contribution is 6.34. The van der Waals surface area contributed by atoms with E-state index in [1.54, 1.807) is 13.8 Å². The molecule has 1 aliphatic rings. The van der Waals surface area contributed by atoms with Crippen molar-refractivity contribution in [3.8, 4) is 0 Å². The fourth-order valence-corrected chi connectivity index (χ4v) is 2.46. The number of nitrogens with zero attached hydrogens (tertiary/aromatic N) is 1. The number of piperazine rings is 1. The maximum absolute atomic E-state index is 14.0. The molecule has 0 aromatic heterocycles. The summed E-state index contributed by atoms with van der Waals surface area (Å²) in [6, 6.07) is 3.42. The van der Waals surface area contributed by atoms with Gasteiger partial charge in [-0.2, -0.15) is 0 Å². The predicted molar refractivity (Wildman–Crippen MR) is 70.5 cm³/mol. The number of halogens is 2. The molecule has 1 N–H and O–H groups in total. The van der Waals surface area contributed by atoms with E-state index in [0.29, 0.717) is 0 Å². The second kappa shape index (κ2) is 5.17. The van der Waals surface area contributed by atoms with Crippen LogP contribution in [0.3, 0.4) is 0 Å². The quantitative estimate of drug-likeness (QED) is 0.903. The van der Waals surface area contributed by atoms with Crippen molar-refractivity contribution in [1.82, 2.24) is 5.32 Å². The molecule has 6 heteroatoms. The Balaban J connectivity index is 2.55. The van der Waals surface area contributed by atoms with Crippen molar-refractivity contribution in [2.45, 2.75) is 19.9 Å². The summed E-state index contributed by atoms with van der Waals surface area (Å²) in [6.45, 7) is 3.45. The smallest absolute Gasteiger partial charge is 0.247 e. The van der Waals surface area contributed by atoms with Crippen LogP contribution in [0.2, 0.25) is 5.02 Å². The van der Waals surface area contributed by atoms with E-state index in [0.717, 1.165) is 0 Å². The SMILES string of the molecule is CC(C)C1C(=O)NCC(=O)N1c1c(F)cccc1Cl. The second-order valence-corrected chi connectivity index (χ2v) is 5.15. The average Bonchev–Trinajstić information content (AvgIpc) is 2.32. The van der Waals surface area contributed by atoms with Crippen molar-refractivity contribution in [2.75, 3.05) is 11.4 Å². The van der Waals surface area contributed by atoms with Crippen LogP contribution in [-0.4, -0.2) is 24.4 Å². The van der Waals surface area contributed by atoms with Gasteiger partial charge in [0.05, 0.1) is 17.3 Å². The summed E-state index contributed by atoms with van der Waals surface area (Å²) < 4.78 is 14.0. The minimum Gasteiger partial charge on any atom is -0.345 e. The van der Waals surface area contributed by atoms with Gasteiger partial charge in [0.15, 0.2) is 0 Å². The molecule has 1 aromatic carbocycles. The van der Waals surface area contributed by atoms with Gasteiger partial charge in [0.25, 0.3) is 0 Å². The molecular weight excluding hydrogens is 271 g/mol. The van der Waals surface area contributed by atoms with Gasteiger partial charge in [-0.1, -0.05) is 31.5 Å². The van der Waals surface area contributed by atoms with Crippen molar-refractivity contribution < 1.29 is 14.0 Å². The number of hydrogen-bond donors (Lipinski definition) is 1. The Morgan fingerprint density at radius 1 is 1.42 bits per heavy atom. The first kappa shape index (κ1) is 13.8. The first-order chi connectivity index (χ1) is 8.93. The molecule has 1 heterocycles. The first-order valence-electron chi connectivity index (χ1n) is 5.97. The van der Waals surface area contributed by atoms with Gasteiger partial charge < -0.3 is 5.32 Å². The molecular formula is C13H14ClFN2O2. The van der Waals surface area contributed by atoms with Crippen LogP contribution in [-0.2, 0) is 9.59 Å². The fourth-order valence-electron chi connectivity index (χ4n) is 2.21. The Morgan fingerprint density at radius 2 is 2.11 bits per heavy atom. The summed E-state index contributed by atoms with van der Waals surface area (Å²) in [6.07, 6.45) is 0. The summed E-state index contributed by atoms with van der Waals surface area (Å²) in [7, 11) is 0. The summed E-state index contributed by atoms with van der Waals surface area (Å²) in [5.41, 5.74) is -0.0253. The lowest BCUT2D eigenvalue weighted by molar-refractivity contribution is -0.131. The van der Waals surface area contributed by atoms with Crippen molar-refractivity contribution in [2.24, 2.45) is 5.92 Å². The van der Waals surface area contributed by atoms with Crippen LogP contribution in [0.25, 0.3) is 0 Å². The van der Waals surface area contributed by atoms with Gasteiger partial charge in [-0.3, -0.25) is 14.5 Å². The Labute approximate surface area is 115 Å². The van der Waals surface area contributed by atoms with E-state index in [9.17, 15) is 14.0 Å². The monoisotopic (exact) mass is 284 g/mol. The van der Waals surface area contributed by atoms with E-state index >= 15 is 0 Å². The first-order valence-corrected chi connectivity index (χ1v) is 6.35. The van der Waals surface area contributed by atoms with E-state index < -0.39 is 11.9 Å². The highest BCUT2D eigenvalue weighted by Gasteiger charge is 2.39. The van der Waals surface area contributed by atoms with Crippen LogP contribution < -0.4 is 10.2 Å². The minimum absolute atomic E-state index is 0.0253. The number of rotatable bonds is 2. The number of amides is 2. The molecule has 2 amide bonds. The van der Waals surface area contributed by atoms with Gasteiger partial charge in [0.2, 0.25) is 11.8 Å². The van der Waals surface area contributed by atoms with Gasteiger partial charge in [-0.25, -0.2) is 4.39 Å². The highest BCUT2D eigenvalue weighted by Crippen LogP contribution is 2.33. The number of hydrogen-bond acceptors (Lipinski definition) is 2. The largest absolute Gasteiger partial charge is 0.345 e. The predicted octanol–water partition coefficient (Wildman–Crippen LogP) is 1.97. The molecule has 1 fully saturated rings. The van der Waals surface area contributed by atoms with Crippen LogP contribution in [0.5, 0.6) is 0 Å². The molecule has 1 unspecified atom stereocenters. The topological polar surface area (TPSA) is 49.4 Å². The summed E-state index contributed by atoms with van der Waals surface area (Å²) in [5.74, 6) is -1.43. The Morgan fingerprint density at radius 3 is 2.68 bits per heavy atom. The Bertz CT molecular complexity index is 513. The molecule has 102 valence electrons. The Hall–Kier alpha value is -1.62. The van der Waals surface area contributed by atoms with Gasteiger partial charge in [-0.15, -0.1) is 0 Å². The van der Waals surface area contributed by atoms with Crippen LogP contribution in [0, 0.1) is 11.7 Å². The molecule has 1 atom stereocenters. The summed E-state index contributed by atoms with van der Waals surface area (Å²) in [5, 5.41) is 2.63.